The van der Waals surface area contributed by atoms with Crippen molar-refractivity contribution < 1.29 is 9.47 Å². The fourth-order valence-electron chi connectivity index (χ4n) is 3.03. The van der Waals surface area contributed by atoms with Gasteiger partial charge in [0.25, 0.3) is 0 Å². The Morgan fingerprint density at radius 2 is 1.86 bits per heavy atom. The Hall–Kier alpha value is -1.26. The van der Waals surface area contributed by atoms with Crippen LogP contribution in [0, 0.1) is 0 Å². The van der Waals surface area contributed by atoms with Crippen LogP contribution in [0.5, 0.6) is 11.5 Å². The Morgan fingerprint density at radius 3 is 2.52 bits per heavy atom. The summed E-state index contributed by atoms with van der Waals surface area (Å²) in [4.78, 5) is 2.54. The molecule has 3 rings (SSSR count). The van der Waals surface area contributed by atoms with E-state index in [1.807, 2.05) is 0 Å². The number of nitrogens with one attached hydrogen (secondary N) is 1. The topological polar surface area (TPSA) is 33.7 Å². The minimum atomic E-state index is 0.823. The Labute approximate surface area is 127 Å². The van der Waals surface area contributed by atoms with Crippen molar-refractivity contribution in [2.24, 2.45) is 0 Å². The molecule has 0 amide bonds. The number of nitrogens with zero attached hydrogens (tertiary/aromatic N) is 1. The van der Waals surface area contributed by atoms with Gasteiger partial charge in [0.1, 0.15) is 0 Å². The zero-order valence-corrected chi connectivity index (χ0v) is 13.2. The molecule has 0 spiro atoms. The molecule has 4 heteroatoms. The van der Waals surface area contributed by atoms with Gasteiger partial charge in [0, 0.05) is 19.1 Å². The molecule has 2 aliphatic rings. The molecule has 21 heavy (non-hydrogen) atoms. The molecule has 1 aromatic carbocycles. The number of hydrogen-bond acceptors (Lipinski definition) is 4. The third-order valence-corrected chi connectivity index (χ3v) is 4.46. The second-order valence-corrected chi connectivity index (χ2v) is 6.08. The highest BCUT2D eigenvalue weighted by Gasteiger charge is 2.21. The predicted octanol–water partition coefficient (Wildman–Crippen LogP) is 2.20. The first kappa shape index (κ1) is 14.7. The molecule has 1 aromatic rings. The molecule has 1 saturated carbocycles. The fraction of sp³-hybridized carbons (Fsp3) is 0.647. The molecule has 0 aromatic heterocycles. The number of fused-ring (bicyclic) bond motifs is 1. The van der Waals surface area contributed by atoms with E-state index >= 15 is 0 Å². The zero-order valence-electron chi connectivity index (χ0n) is 13.2. The third-order valence-electron chi connectivity index (χ3n) is 4.46. The molecule has 1 aliphatic carbocycles. The van der Waals surface area contributed by atoms with E-state index in [1.165, 1.54) is 36.9 Å². The number of ether oxygens (including phenoxy) is 2. The maximum absolute atomic E-state index is 5.42. The maximum Gasteiger partial charge on any atom is 0.161 e. The van der Waals surface area contributed by atoms with Crippen molar-refractivity contribution in [3.63, 3.8) is 0 Å². The van der Waals surface area contributed by atoms with Crippen LogP contribution in [0.3, 0.4) is 0 Å². The summed E-state index contributed by atoms with van der Waals surface area (Å²) in [5.74, 6) is 1.69. The minimum absolute atomic E-state index is 0.823. The Balaban J connectivity index is 1.56. The van der Waals surface area contributed by atoms with E-state index in [-0.39, 0.29) is 0 Å². The van der Waals surface area contributed by atoms with Crippen LogP contribution in [0.25, 0.3) is 0 Å². The van der Waals surface area contributed by atoms with Crippen molar-refractivity contribution in [2.45, 2.75) is 38.3 Å². The quantitative estimate of drug-likeness (QED) is 0.781. The molecule has 0 radical (unpaired) electrons. The summed E-state index contributed by atoms with van der Waals surface area (Å²) in [7, 11) is 3.40. The van der Waals surface area contributed by atoms with E-state index in [2.05, 4.69) is 22.3 Å². The molecule has 4 nitrogen and oxygen atoms in total. The van der Waals surface area contributed by atoms with Gasteiger partial charge in [-0.05, 0) is 62.0 Å². The molecule has 1 aliphatic heterocycles. The lowest BCUT2D eigenvalue weighted by atomic mass is 9.98. The van der Waals surface area contributed by atoms with Crippen LogP contribution in [-0.2, 0) is 13.0 Å². The SMILES string of the molecule is COc1cc2c(cc1OC)CN(CCCNC1CC1)CC2. The van der Waals surface area contributed by atoms with Gasteiger partial charge in [0.05, 0.1) is 14.2 Å². The van der Waals surface area contributed by atoms with Crippen LogP contribution in [0.4, 0.5) is 0 Å². The highest BCUT2D eigenvalue weighted by Crippen LogP contribution is 2.33. The van der Waals surface area contributed by atoms with E-state index in [4.69, 9.17) is 9.47 Å². The molecule has 0 atom stereocenters. The highest BCUT2D eigenvalue weighted by atomic mass is 16.5. The van der Waals surface area contributed by atoms with Crippen LogP contribution in [0.2, 0.25) is 0 Å². The van der Waals surface area contributed by atoms with E-state index in [1.54, 1.807) is 14.2 Å². The number of hydrogen-bond donors (Lipinski definition) is 1. The van der Waals surface area contributed by atoms with Crippen molar-refractivity contribution in [1.82, 2.24) is 10.2 Å². The van der Waals surface area contributed by atoms with Crippen LogP contribution < -0.4 is 14.8 Å². The highest BCUT2D eigenvalue weighted by molar-refractivity contribution is 5.48. The number of methoxy groups -OCH3 is 2. The van der Waals surface area contributed by atoms with Gasteiger partial charge >= 0.3 is 0 Å². The zero-order chi connectivity index (χ0) is 14.7. The number of rotatable bonds is 7. The van der Waals surface area contributed by atoms with E-state index in [9.17, 15) is 0 Å². The lowest BCUT2D eigenvalue weighted by molar-refractivity contribution is 0.248. The second kappa shape index (κ2) is 6.67. The molecule has 1 N–H and O–H groups in total. The van der Waals surface area contributed by atoms with Crippen LogP contribution in [-0.4, -0.2) is 44.8 Å². The van der Waals surface area contributed by atoms with Gasteiger partial charge in [-0.2, -0.15) is 0 Å². The molecule has 116 valence electrons. The van der Waals surface area contributed by atoms with Crippen LogP contribution in [0.1, 0.15) is 30.4 Å². The summed E-state index contributed by atoms with van der Waals surface area (Å²) in [5, 5.41) is 3.59. The van der Waals surface area contributed by atoms with Gasteiger partial charge in [-0.15, -0.1) is 0 Å². The standard InChI is InChI=1S/C17H26N2O2/c1-20-16-10-13-6-9-19(8-3-7-18-15-4-5-15)12-14(13)11-17(16)21-2/h10-11,15,18H,3-9,12H2,1-2H3. The predicted molar refractivity (Wildman–Crippen MR) is 84.2 cm³/mol. The van der Waals surface area contributed by atoms with Crippen molar-refractivity contribution in [2.75, 3.05) is 33.9 Å². The first-order valence-corrected chi connectivity index (χ1v) is 7.99. The largest absolute Gasteiger partial charge is 0.493 e. The summed E-state index contributed by atoms with van der Waals surface area (Å²) < 4.78 is 10.8. The lowest BCUT2D eigenvalue weighted by Crippen LogP contribution is -2.33. The van der Waals surface area contributed by atoms with Gasteiger partial charge in [-0.25, -0.2) is 0 Å². The van der Waals surface area contributed by atoms with E-state index in [0.29, 0.717) is 0 Å². The van der Waals surface area contributed by atoms with E-state index in [0.717, 1.165) is 43.6 Å². The summed E-state index contributed by atoms with van der Waals surface area (Å²) in [6.45, 7) is 4.50. The molecular weight excluding hydrogens is 264 g/mol. The van der Waals surface area contributed by atoms with Crippen molar-refractivity contribution in [3.05, 3.63) is 23.3 Å². The molecule has 0 saturated heterocycles. The van der Waals surface area contributed by atoms with Gasteiger partial charge in [0.15, 0.2) is 11.5 Å². The van der Waals surface area contributed by atoms with Gasteiger partial charge < -0.3 is 14.8 Å². The van der Waals surface area contributed by atoms with Crippen LogP contribution in [0.15, 0.2) is 12.1 Å². The van der Waals surface area contributed by atoms with Crippen molar-refractivity contribution in [1.29, 1.82) is 0 Å². The average molecular weight is 290 g/mol. The lowest BCUT2D eigenvalue weighted by Gasteiger charge is -2.29. The Kier molecular flexibility index (Phi) is 4.66. The maximum atomic E-state index is 5.42. The minimum Gasteiger partial charge on any atom is -0.493 e. The monoisotopic (exact) mass is 290 g/mol. The molecular formula is C17H26N2O2. The van der Waals surface area contributed by atoms with Crippen molar-refractivity contribution in [3.8, 4) is 11.5 Å². The fourth-order valence-corrected chi connectivity index (χ4v) is 3.03. The molecule has 1 fully saturated rings. The Bertz CT molecular complexity index is 486. The molecule has 0 unspecified atom stereocenters. The molecule has 1 heterocycles. The smallest absolute Gasteiger partial charge is 0.161 e. The third kappa shape index (κ3) is 3.69. The van der Waals surface area contributed by atoms with Crippen molar-refractivity contribution >= 4 is 0 Å². The first-order chi connectivity index (χ1) is 10.3. The summed E-state index contributed by atoms with van der Waals surface area (Å²) in [6.07, 6.45) is 5.09. The Morgan fingerprint density at radius 1 is 1.14 bits per heavy atom. The summed E-state index contributed by atoms with van der Waals surface area (Å²) in [6, 6.07) is 5.10. The summed E-state index contributed by atoms with van der Waals surface area (Å²) >= 11 is 0. The first-order valence-electron chi connectivity index (χ1n) is 7.99. The van der Waals surface area contributed by atoms with Gasteiger partial charge in [-0.1, -0.05) is 0 Å². The normalized spacial score (nSPS) is 18.4. The second-order valence-electron chi connectivity index (χ2n) is 6.08. The van der Waals surface area contributed by atoms with E-state index < -0.39 is 0 Å². The summed E-state index contributed by atoms with van der Waals surface area (Å²) in [5.41, 5.74) is 2.79. The average Bonchev–Trinajstić information content (AvgIpc) is 3.34. The van der Waals surface area contributed by atoms with Crippen LogP contribution >= 0.6 is 0 Å². The number of benzene rings is 1. The van der Waals surface area contributed by atoms with Gasteiger partial charge in [-0.3, -0.25) is 4.90 Å². The molecule has 0 bridgehead atoms. The van der Waals surface area contributed by atoms with Gasteiger partial charge in [0.2, 0.25) is 0 Å².